The summed E-state index contributed by atoms with van der Waals surface area (Å²) in [6.07, 6.45) is 6.69. The van der Waals surface area contributed by atoms with Crippen molar-refractivity contribution in [3.05, 3.63) is 59.3 Å². The normalized spacial score (nSPS) is 15.6. The van der Waals surface area contributed by atoms with Gasteiger partial charge in [-0.25, -0.2) is 4.79 Å². The first-order chi connectivity index (χ1) is 14.2. The minimum absolute atomic E-state index is 0.134. The fraction of sp³-hybridized carbons (Fsp3) is 0.304. The summed E-state index contributed by atoms with van der Waals surface area (Å²) >= 11 is 0. The maximum atomic E-state index is 12.7. The van der Waals surface area contributed by atoms with Crippen molar-refractivity contribution in [2.75, 3.05) is 10.6 Å². The number of H-pyrrole nitrogens is 1. The molecule has 0 radical (unpaired) electrons. The van der Waals surface area contributed by atoms with E-state index in [1.807, 2.05) is 18.2 Å². The molecule has 2 aliphatic rings. The average molecular weight is 388 g/mol. The van der Waals surface area contributed by atoms with Crippen LogP contribution < -0.4 is 16.0 Å². The topological polar surface area (TPSA) is 86.0 Å². The lowest BCUT2D eigenvalue weighted by atomic mass is 9.95. The fourth-order valence-corrected chi connectivity index (χ4v) is 3.97. The predicted octanol–water partition coefficient (Wildman–Crippen LogP) is 4.58. The molecule has 0 bridgehead atoms. The number of amides is 3. The van der Waals surface area contributed by atoms with Crippen molar-refractivity contribution in [2.24, 2.45) is 0 Å². The molecule has 1 aromatic heterocycles. The minimum atomic E-state index is -0.188. The Bertz CT molecular complexity index is 1080. The van der Waals surface area contributed by atoms with Crippen LogP contribution in [0.1, 0.15) is 47.3 Å². The maximum Gasteiger partial charge on any atom is 0.319 e. The van der Waals surface area contributed by atoms with Crippen LogP contribution in [0, 0.1) is 0 Å². The molecule has 0 atom stereocenters. The van der Waals surface area contributed by atoms with E-state index < -0.39 is 0 Å². The first-order valence-corrected chi connectivity index (χ1v) is 10.3. The molecule has 1 fully saturated rings. The van der Waals surface area contributed by atoms with Crippen LogP contribution in [0.5, 0.6) is 0 Å². The number of anilines is 2. The molecule has 0 aliphatic heterocycles. The molecular formula is C23H24N4O2. The number of hydrogen-bond acceptors (Lipinski definition) is 2. The highest BCUT2D eigenvalue weighted by Crippen LogP contribution is 2.30. The number of aromatic amines is 1. The van der Waals surface area contributed by atoms with Gasteiger partial charge in [-0.05, 0) is 86.6 Å². The van der Waals surface area contributed by atoms with E-state index in [1.165, 1.54) is 24.1 Å². The number of urea groups is 1. The van der Waals surface area contributed by atoms with Gasteiger partial charge in [-0.15, -0.1) is 0 Å². The largest absolute Gasteiger partial charge is 0.358 e. The summed E-state index contributed by atoms with van der Waals surface area (Å²) in [5.74, 6) is -0.134. The van der Waals surface area contributed by atoms with Crippen LogP contribution in [0.4, 0.5) is 16.2 Å². The number of carbonyl (C=O) groups is 2. The van der Waals surface area contributed by atoms with Gasteiger partial charge < -0.3 is 20.9 Å². The van der Waals surface area contributed by atoms with E-state index in [4.69, 9.17) is 0 Å². The van der Waals surface area contributed by atoms with Gasteiger partial charge in [0.2, 0.25) is 0 Å². The van der Waals surface area contributed by atoms with E-state index >= 15 is 0 Å². The number of rotatable bonds is 4. The van der Waals surface area contributed by atoms with Crippen LogP contribution in [0.3, 0.4) is 0 Å². The molecule has 0 spiro atoms. The Morgan fingerprint density at radius 2 is 1.62 bits per heavy atom. The SMILES string of the molecule is O=C(Nc1ccc(NC(=O)c2ccc3[nH]c4c(c3c2)CCCC4)cc1)NC1CC1. The summed E-state index contributed by atoms with van der Waals surface area (Å²) in [5.41, 5.74) is 5.82. The van der Waals surface area contributed by atoms with Gasteiger partial charge in [-0.1, -0.05) is 0 Å². The van der Waals surface area contributed by atoms with Crippen LogP contribution in [0.2, 0.25) is 0 Å². The Kier molecular flexibility index (Phi) is 4.46. The second-order valence-corrected chi connectivity index (χ2v) is 7.95. The average Bonchev–Trinajstić information content (AvgIpc) is 3.46. The standard InChI is InChI=1S/C23H24N4O2/c28-22(14-5-12-21-19(13-14)18-3-1-2-4-20(18)27-21)24-15-6-8-16(9-7-15)25-23(29)26-17-10-11-17/h5-9,12-13,17,27H,1-4,10-11H2,(H,24,28)(H2,25,26,29). The summed E-state index contributed by atoms with van der Waals surface area (Å²) in [6.45, 7) is 0. The number of carbonyl (C=O) groups excluding carboxylic acids is 2. The quantitative estimate of drug-likeness (QED) is 0.527. The summed E-state index contributed by atoms with van der Waals surface area (Å²) < 4.78 is 0. The third-order valence-corrected chi connectivity index (χ3v) is 5.67. The second-order valence-electron chi connectivity index (χ2n) is 7.95. The van der Waals surface area contributed by atoms with Crippen molar-refractivity contribution in [1.29, 1.82) is 0 Å². The zero-order valence-corrected chi connectivity index (χ0v) is 16.2. The number of fused-ring (bicyclic) bond motifs is 3. The molecule has 4 N–H and O–H groups in total. The first kappa shape index (κ1) is 17.8. The molecule has 3 amide bonds. The van der Waals surface area contributed by atoms with Gasteiger partial charge in [0.25, 0.3) is 5.91 Å². The highest BCUT2D eigenvalue weighted by Gasteiger charge is 2.23. The highest BCUT2D eigenvalue weighted by atomic mass is 16.2. The number of nitrogens with one attached hydrogen (secondary N) is 4. The van der Waals surface area contributed by atoms with E-state index in [0.717, 1.165) is 36.6 Å². The zero-order valence-electron chi connectivity index (χ0n) is 16.2. The van der Waals surface area contributed by atoms with Gasteiger partial charge in [-0.3, -0.25) is 4.79 Å². The van der Waals surface area contributed by atoms with E-state index in [9.17, 15) is 9.59 Å². The van der Waals surface area contributed by atoms with Gasteiger partial charge in [-0.2, -0.15) is 0 Å². The van der Waals surface area contributed by atoms with Crippen molar-refractivity contribution >= 4 is 34.2 Å². The molecule has 6 nitrogen and oxygen atoms in total. The zero-order chi connectivity index (χ0) is 19.8. The lowest BCUT2D eigenvalue weighted by Gasteiger charge is -2.11. The monoisotopic (exact) mass is 388 g/mol. The third kappa shape index (κ3) is 3.83. The van der Waals surface area contributed by atoms with Gasteiger partial charge in [0.15, 0.2) is 0 Å². The predicted molar refractivity (Wildman–Crippen MR) is 115 cm³/mol. The maximum absolute atomic E-state index is 12.7. The van der Waals surface area contributed by atoms with E-state index in [1.54, 1.807) is 24.3 Å². The fourth-order valence-electron chi connectivity index (χ4n) is 3.97. The summed E-state index contributed by atoms with van der Waals surface area (Å²) in [5, 5.41) is 9.79. The summed E-state index contributed by atoms with van der Waals surface area (Å²) in [6, 6.07) is 13.1. The van der Waals surface area contributed by atoms with E-state index in [2.05, 4.69) is 20.9 Å². The first-order valence-electron chi connectivity index (χ1n) is 10.3. The molecule has 2 aromatic carbocycles. The van der Waals surface area contributed by atoms with E-state index in [-0.39, 0.29) is 11.9 Å². The number of benzene rings is 2. The van der Waals surface area contributed by atoms with Gasteiger partial charge >= 0.3 is 6.03 Å². The Hall–Kier alpha value is -3.28. The molecule has 0 unspecified atom stereocenters. The summed E-state index contributed by atoms with van der Waals surface area (Å²) in [4.78, 5) is 28.0. The van der Waals surface area contributed by atoms with Crippen molar-refractivity contribution < 1.29 is 9.59 Å². The molecular weight excluding hydrogens is 364 g/mol. The van der Waals surface area contributed by atoms with Crippen LogP contribution in [-0.2, 0) is 12.8 Å². The van der Waals surface area contributed by atoms with Crippen molar-refractivity contribution in [3.63, 3.8) is 0 Å². The molecule has 6 heteroatoms. The Morgan fingerprint density at radius 3 is 2.38 bits per heavy atom. The van der Waals surface area contributed by atoms with Crippen molar-refractivity contribution in [1.82, 2.24) is 10.3 Å². The minimum Gasteiger partial charge on any atom is -0.358 e. The number of aryl methyl sites for hydroxylation is 2. The van der Waals surface area contributed by atoms with Crippen molar-refractivity contribution in [2.45, 2.75) is 44.6 Å². The Balaban J connectivity index is 1.27. The highest BCUT2D eigenvalue weighted by molar-refractivity contribution is 6.06. The van der Waals surface area contributed by atoms with Crippen LogP contribution >= 0.6 is 0 Å². The molecule has 29 heavy (non-hydrogen) atoms. The lowest BCUT2D eigenvalue weighted by Crippen LogP contribution is -2.30. The molecule has 0 saturated heterocycles. The van der Waals surface area contributed by atoms with Crippen molar-refractivity contribution in [3.8, 4) is 0 Å². The van der Waals surface area contributed by atoms with Gasteiger partial charge in [0, 0.05) is 39.6 Å². The Labute approximate surface area is 169 Å². The second kappa shape index (κ2) is 7.28. The number of hydrogen-bond donors (Lipinski definition) is 4. The van der Waals surface area contributed by atoms with E-state index in [0.29, 0.717) is 23.0 Å². The molecule has 5 rings (SSSR count). The molecule has 1 saturated carbocycles. The van der Waals surface area contributed by atoms with Crippen LogP contribution in [0.15, 0.2) is 42.5 Å². The van der Waals surface area contributed by atoms with Crippen LogP contribution in [-0.4, -0.2) is 23.0 Å². The molecule has 3 aromatic rings. The number of aromatic nitrogens is 1. The molecule has 2 aliphatic carbocycles. The van der Waals surface area contributed by atoms with Gasteiger partial charge in [0.1, 0.15) is 0 Å². The summed E-state index contributed by atoms with van der Waals surface area (Å²) in [7, 11) is 0. The Morgan fingerprint density at radius 1 is 0.897 bits per heavy atom. The van der Waals surface area contributed by atoms with Gasteiger partial charge in [0.05, 0.1) is 0 Å². The third-order valence-electron chi connectivity index (χ3n) is 5.67. The molecule has 148 valence electrons. The van der Waals surface area contributed by atoms with Crippen LogP contribution in [0.25, 0.3) is 10.9 Å². The lowest BCUT2D eigenvalue weighted by molar-refractivity contribution is 0.102. The smallest absolute Gasteiger partial charge is 0.319 e. The molecule has 1 heterocycles.